The number of carboxylic acid groups (broad SMARTS) is 1. The largest absolute Gasteiger partial charge is 0.480 e. The number of fused-ring (bicyclic) bond motifs is 1. The lowest BCUT2D eigenvalue weighted by Crippen LogP contribution is -2.53. The minimum atomic E-state index is -4.76. The number of hydrogen-bond acceptors (Lipinski definition) is 8. The fourth-order valence-corrected chi connectivity index (χ4v) is 4.96. The first-order valence-electron chi connectivity index (χ1n) is 13.2. The number of ether oxygens (including phenoxy) is 1. The maximum Gasteiger partial charge on any atom is 0.411 e. The van der Waals surface area contributed by atoms with Crippen molar-refractivity contribution in [3.8, 4) is 5.82 Å². The number of pyridine rings is 2. The van der Waals surface area contributed by atoms with Crippen LogP contribution in [0, 0.1) is 11.6 Å². The van der Waals surface area contributed by atoms with Gasteiger partial charge in [-0.15, -0.1) is 0 Å². The quantitative estimate of drug-likeness (QED) is 0.291. The van der Waals surface area contributed by atoms with Crippen molar-refractivity contribution < 1.29 is 41.4 Å². The lowest BCUT2D eigenvalue weighted by atomic mass is 10.1. The van der Waals surface area contributed by atoms with Crippen LogP contribution >= 0.6 is 0 Å². The molecule has 1 aliphatic heterocycles. The molecule has 5 rings (SSSR count). The number of halogens is 5. The molecule has 2 N–H and O–H groups in total. The SMILES string of the molecule is Cn1c(=O)n(-c2ccc(CC(NC(=O)c3c(F)cc(N4CCOC[C@@H]4C(F)(F)F)cc3F)C(=O)O)cn2)c(=O)c2ccncc21. The maximum atomic E-state index is 15.0. The van der Waals surface area contributed by atoms with E-state index in [1.165, 1.54) is 42.2 Å². The smallest absolute Gasteiger partial charge is 0.411 e. The first-order chi connectivity index (χ1) is 21.3. The number of carbonyl (C=O) groups is 2. The molecule has 0 bridgehead atoms. The van der Waals surface area contributed by atoms with Crippen molar-refractivity contribution in [2.24, 2.45) is 7.05 Å². The Hall–Kier alpha value is -5.19. The van der Waals surface area contributed by atoms with Crippen LogP contribution < -0.4 is 21.5 Å². The van der Waals surface area contributed by atoms with Crippen molar-refractivity contribution in [3.63, 3.8) is 0 Å². The van der Waals surface area contributed by atoms with Gasteiger partial charge in [0.15, 0.2) is 0 Å². The second kappa shape index (κ2) is 12.1. The minimum Gasteiger partial charge on any atom is -0.480 e. The summed E-state index contributed by atoms with van der Waals surface area (Å²) in [5.41, 5.74) is -2.52. The number of carboxylic acids is 1. The number of aliphatic carboxylic acids is 1. The maximum absolute atomic E-state index is 15.0. The van der Waals surface area contributed by atoms with Crippen LogP contribution in [-0.2, 0) is 23.0 Å². The monoisotopic (exact) mass is 634 g/mol. The molecule has 4 heterocycles. The number of anilines is 1. The van der Waals surface area contributed by atoms with Crippen molar-refractivity contribution in [1.29, 1.82) is 0 Å². The fraction of sp³-hybridized carbons (Fsp3) is 0.286. The van der Waals surface area contributed by atoms with E-state index >= 15 is 0 Å². The third-order valence-electron chi connectivity index (χ3n) is 7.25. The number of nitrogens with zero attached hydrogens (tertiary/aromatic N) is 5. The molecule has 3 aromatic heterocycles. The van der Waals surface area contributed by atoms with Gasteiger partial charge in [0.25, 0.3) is 11.5 Å². The number of benzene rings is 1. The van der Waals surface area contributed by atoms with Gasteiger partial charge < -0.3 is 20.1 Å². The number of hydrogen-bond donors (Lipinski definition) is 2. The van der Waals surface area contributed by atoms with E-state index in [4.69, 9.17) is 4.74 Å². The topological polar surface area (TPSA) is 149 Å². The average molecular weight is 635 g/mol. The Kier molecular flexibility index (Phi) is 8.38. The highest BCUT2D eigenvalue weighted by molar-refractivity contribution is 5.97. The first-order valence-corrected chi connectivity index (χ1v) is 13.2. The van der Waals surface area contributed by atoms with Gasteiger partial charge in [-0.3, -0.25) is 19.1 Å². The van der Waals surface area contributed by atoms with Gasteiger partial charge in [-0.25, -0.2) is 27.9 Å². The number of amides is 1. The normalized spacial score (nSPS) is 16.0. The van der Waals surface area contributed by atoms with E-state index in [1.807, 2.05) is 5.32 Å². The number of alkyl halides is 3. The molecule has 1 fully saturated rings. The number of aromatic nitrogens is 4. The minimum absolute atomic E-state index is 0.0729. The average Bonchev–Trinajstić information content (AvgIpc) is 2.99. The van der Waals surface area contributed by atoms with Gasteiger partial charge in [-0.05, 0) is 29.8 Å². The highest BCUT2D eigenvalue weighted by Crippen LogP contribution is 2.32. The third kappa shape index (κ3) is 6.11. The van der Waals surface area contributed by atoms with Gasteiger partial charge in [0, 0.05) is 38.1 Å². The van der Waals surface area contributed by atoms with E-state index in [2.05, 4.69) is 9.97 Å². The van der Waals surface area contributed by atoms with E-state index in [0.717, 1.165) is 10.8 Å². The molecule has 17 heteroatoms. The van der Waals surface area contributed by atoms with Crippen LogP contribution in [0.5, 0.6) is 0 Å². The van der Waals surface area contributed by atoms with Crippen LogP contribution in [0.4, 0.5) is 27.6 Å². The summed E-state index contributed by atoms with van der Waals surface area (Å²) in [6, 6.07) is 1.31. The Labute approximate surface area is 249 Å². The van der Waals surface area contributed by atoms with Crippen molar-refractivity contribution in [3.05, 3.63) is 92.5 Å². The molecule has 1 unspecified atom stereocenters. The molecule has 1 saturated heterocycles. The van der Waals surface area contributed by atoms with E-state index in [-0.39, 0.29) is 29.9 Å². The highest BCUT2D eigenvalue weighted by atomic mass is 19.4. The van der Waals surface area contributed by atoms with Gasteiger partial charge in [0.05, 0.1) is 30.3 Å². The summed E-state index contributed by atoms with van der Waals surface area (Å²) in [4.78, 5) is 59.3. The third-order valence-corrected chi connectivity index (χ3v) is 7.25. The van der Waals surface area contributed by atoms with E-state index in [0.29, 0.717) is 22.5 Å². The van der Waals surface area contributed by atoms with Crippen molar-refractivity contribution in [2.75, 3.05) is 24.7 Å². The Morgan fingerprint density at radius 3 is 2.47 bits per heavy atom. The lowest BCUT2D eigenvalue weighted by molar-refractivity contribution is -0.167. The molecule has 0 saturated carbocycles. The Morgan fingerprint density at radius 2 is 1.84 bits per heavy atom. The predicted octanol–water partition coefficient (Wildman–Crippen LogP) is 1.95. The molecule has 0 spiro atoms. The lowest BCUT2D eigenvalue weighted by Gasteiger charge is -2.38. The summed E-state index contributed by atoms with van der Waals surface area (Å²) >= 11 is 0. The van der Waals surface area contributed by atoms with Crippen LogP contribution in [0.2, 0.25) is 0 Å². The molecule has 1 amide bonds. The summed E-state index contributed by atoms with van der Waals surface area (Å²) in [5.74, 6) is -6.09. The van der Waals surface area contributed by atoms with Crippen molar-refractivity contribution in [2.45, 2.75) is 24.7 Å². The molecular formula is C28H23F5N6O6. The number of rotatable bonds is 7. The Morgan fingerprint density at radius 1 is 1.13 bits per heavy atom. The van der Waals surface area contributed by atoms with Gasteiger partial charge in [0.1, 0.15) is 35.1 Å². The number of aryl methyl sites for hydroxylation is 1. The summed E-state index contributed by atoms with van der Waals surface area (Å²) in [5, 5.41) is 11.9. The summed E-state index contributed by atoms with van der Waals surface area (Å²) < 4.78 is 77.1. The standard InChI is InChI=1S/C28H23F5N6O6/c1-37-20-12-34-5-4-16(20)25(41)39(27(37)44)22-3-2-14(11-35-22)8-19(26(42)43)36-24(40)23-17(29)9-15(10-18(23)30)38-6-7-45-13-21(38)28(31,32)33/h2-5,9-12,19,21H,6-8,13H2,1H3,(H,36,40)(H,42,43)/t19?,21-/m1/s1. The molecule has 236 valence electrons. The van der Waals surface area contributed by atoms with Gasteiger partial charge >= 0.3 is 17.8 Å². The zero-order valence-electron chi connectivity index (χ0n) is 23.2. The zero-order chi connectivity index (χ0) is 32.6. The van der Waals surface area contributed by atoms with E-state index in [9.17, 15) is 46.2 Å². The first kappa shape index (κ1) is 31.2. The van der Waals surface area contributed by atoms with Crippen LogP contribution in [0.25, 0.3) is 16.7 Å². The molecule has 12 nitrogen and oxygen atoms in total. The van der Waals surface area contributed by atoms with Crippen LogP contribution in [0.15, 0.2) is 58.5 Å². The molecule has 1 aromatic carbocycles. The summed E-state index contributed by atoms with van der Waals surface area (Å²) in [6.45, 7) is -1.19. The zero-order valence-corrected chi connectivity index (χ0v) is 23.2. The van der Waals surface area contributed by atoms with Gasteiger partial charge in [-0.2, -0.15) is 13.2 Å². The van der Waals surface area contributed by atoms with Gasteiger partial charge in [0.2, 0.25) is 0 Å². The Balaban J connectivity index is 1.36. The molecule has 0 aliphatic carbocycles. The summed E-state index contributed by atoms with van der Waals surface area (Å²) in [7, 11) is 1.44. The molecule has 2 atom stereocenters. The second-order valence-corrected chi connectivity index (χ2v) is 10.1. The number of nitrogens with one attached hydrogen (secondary N) is 1. The number of carbonyl (C=O) groups excluding carboxylic acids is 1. The Bertz CT molecular complexity index is 1890. The second-order valence-electron chi connectivity index (χ2n) is 10.1. The van der Waals surface area contributed by atoms with E-state index in [1.54, 1.807) is 0 Å². The highest BCUT2D eigenvalue weighted by Gasteiger charge is 2.46. The summed E-state index contributed by atoms with van der Waals surface area (Å²) in [6.07, 6.45) is -1.28. The van der Waals surface area contributed by atoms with Gasteiger partial charge in [-0.1, -0.05) is 6.07 Å². The van der Waals surface area contributed by atoms with Crippen LogP contribution in [0.3, 0.4) is 0 Å². The van der Waals surface area contributed by atoms with Crippen molar-refractivity contribution >= 4 is 28.5 Å². The molecule has 1 aliphatic rings. The van der Waals surface area contributed by atoms with Crippen LogP contribution in [-0.4, -0.2) is 74.1 Å². The number of morpholine rings is 1. The van der Waals surface area contributed by atoms with Crippen LogP contribution in [0.1, 0.15) is 15.9 Å². The molecular weight excluding hydrogens is 611 g/mol. The molecule has 0 radical (unpaired) electrons. The molecule has 4 aromatic rings. The van der Waals surface area contributed by atoms with Crippen molar-refractivity contribution in [1.82, 2.24) is 24.4 Å². The fourth-order valence-electron chi connectivity index (χ4n) is 4.96. The van der Waals surface area contributed by atoms with E-state index < -0.39 is 77.3 Å². The molecule has 45 heavy (non-hydrogen) atoms. The predicted molar refractivity (Wildman–Crippen MR) is 147 cm³/mol.